The maximum Gasteiger partial charge on any atom is 0.256 e. The van der Waals surface area contributed by atoms with Crippen molar-refractivity contribution >= 4 is 51.3 Å². The van der Waals surface area contributed by atoms with Gasteiger partial charge in [-0.3, -0.25) is 9.59 Å². The van der Waals surface area contributed by atoms with Gasteiger partial charge < -0.3 is 15.5 Å². The molecule has 2 saturated heterocycles. The first-order valence-electron chi connectivity index (χ1n) is 13.1. The van der Waals surface area contributed by atoms with Gasteiger partial charge in [0.1, 0.15) is 3.70 Å². The minimum Gasteiger partial charge on any atom is -0.338 e. The molecule has 0 radical (unpaired) electrons. The molecule has 0 aromatic carbocycles. The van der Waals surface area contributed by atoms with Crippen molar-refractivity contribution in [2.45, 2.75) is 40.7 Å². The van der Waals surface area contributed by atoms with Crippen LogP contribution in [0.2, 0.25) is 0 Å². The molecule has 5 rings (SSSR count). The van der Waals surface area contributed by atoms with Crippen LogP contribution in [0.3, 0.4) is 0 Å². The zero-order chi connectivity index (χ0) is 27.5. The Bertz CT molecular complexity index is 1370. The second kappa shape index (κ2) is 10.0. The Morgan fingerprint density at radius 2 is 2.03 bits per heavy atom. The number of allylic oxidation sites excluding steroid dienone is 3. The predicted octanol–water partition coefficient (Wildman–Crippen LogP) is 5.53. The summed E-state index contributed by atoms with van der Waals surface area (Å²) in [6.07, 6.45) is 4.62. The zero-order valence-corrected chi connectivity index (χ0v) is 25.5. The van der Waals surface area contributed by atoms with Gasteiger partial charge in [-0.05, 0) is 84.0 Å². The van der Waals surface area contributed by atoms with E-state index in [9.17, 15) is 9.59 Å². The Kier molecular flexibility index (Phi) is 7.19. The van der Waals surface area contributed by atoms with E-state index in [-0.39, 0.29) is 29.1 Å². The highest BCUT2D eigenvalue weighted by molar-refractivity contribution is 14.1. The van der Waals surface area contributed by atoms with Crippen LogP contribution >= 0.6 is 33.9 Å². The third-order valence-electron chi connectivity index (χ3n) is 8.44. The highest BCUT2D eigenvalue weighted by Crippen LogP contribution is 2.66. The van der Waals surface area contributed by atoms with Crippen molar-refractivity contribution in [3.63, 3.8) is 0 Å². The van der Waals surface area contributed by atoms with Crippen LogP contribution in [0.15, 0.2) is 43.1 Å². The highest BCUT2D eigenvalue weighted by Gasteiger charge is 2.69. The van der Waals surface area contributed by atoms with Gasteiger partial charge in [-0.25, -0.2) is 4.98 Å². The molecule has 3 unspecified atom stereocenters. The SMILES string of the molecule is C=C/C=C(/c1nc(I)cc(C)c1C(=O)N1CCC(CN)C1)c1sc(CN2C(=C)C3C(C2=O)C3(C)C)cc1C. The summed E-state index contributed by atoms with van der Waals surface area (Å²) in [6, 6.07) is 4.10. The topological polar surface area (TPSA) is 79.5 Å². The number of nitrogens with zero attached hydrogens (tertiary/aromatic N) is 3. The third-order valence-corrected chi connectivity index (χ3v) is 10.2. The van der Waals surface area contributed by atoms with Crippen molar-refractivity contribution in [3.8, 4) is 0 Å². The molecule has 8 heteroatoms. The van der Waals surface area contributed by atoms with E-state index in [2.05, 4.69) is 62.6 Å². The number of aromatic nitrogens is 1. The maximum absolute atomic E-state index is 13.8. The number of carbonyl (C=O) groups is 2. The molecule has 1 saturated carbocycles. The van der Waals surface area contributed by atoms with E-state index in [1.165, 1.54) is 0 Å². The quantitative estimate of drug-likeness (QED) is 0.245. The molecule has 1 aliphatic carbocycles. The molecule has 6 nitrogen and oxygen atoms in total. The number of likely N-dealkylation sites (tertiary alicyclic amines) is 2. The van der Waals surface area contributed by atoms with Crippen LogP contribution in [0, 0.1) is 40.7 Å². The lowest BCUT2D eigenvalue weighted by atomic mass is 9.97. The van der Waals surface area contributed by atoms with Gasteiger partial charge in [-0.1, -0.05) is 39.2 Å². The minimum atomic E-state index is 0.00236. The van der Waals surface area contributed by atoms with Crippen molar-refractivity contribution in [2.75, 3.05) is 19.6 Å². The standard InChI is InChI=1S/C30H35IN4O2S/c1-7-8-21(26-23(16(2)12-22(31)33-26)28(36)34-10-9-19(13-32)14-34)27-17(3)11-20(38-27)15-35-18(4)24-25(29(35)37)30(24,5)6/h7-8,11-12,19,24-25H,1,4,9-10,13-15,32H2,2-3,5-6H3/b21-8-. The molecule has 200 valence electrons. The monoisotopic (exact) mass is 642 g/mol. The second-order valence-corrected chi connectivity index (χ2v) is 13.6. The molecule has 4 heterocycles. The van der Waals surface area contributed by atoms with Crippen LogP contribution < -0.4 is 5.73 Å². The van der Waals surface area contributed by atoms with Crippen molar-refractivity contribution in [3.05, 3.63) is 79.0 Å². The van der Waals surface area contributed by atoms with Gasteiger partial charge in [0.05, 0.1) is 23.7 Å². The van der Waals surface area contributed by atoms with Crippen LogP contribution in [0.1, 0.15) is 57.2 Å². The third kappa shape index (κ3) is 4.48. The van der Waals surface area contributed by atoms with Crippen LogP contribution in [-0.2, 0) is 11.3 Å². The van der Waals surface area contributed by atoms with E-state index in [1.807, 2.05) is 28.9 Å². The van der Waals surface area contributed by atoms with Crippen molar-refractivity contribution in [2.24, 2.45) is 28.9 Å². The molecule has 2 aromatic rings. The Balaban J connectivity index is 1.49. The first kappa shape index (κ1) is 27.3. The Morgan fingerprint density at radius 1 is 1.29 bits per heavy atom. The molecular formula is C30H35IN4O2S. The summed E-state index contributed by atoms with van der Waals surface area (Å²) >= 11 is 3.86. The minimum absolute atomic E-state index is 0.00236. The number of rotatable bonds is 7. The number of hydrogen-bond donors (Lipinski definition) is 1. The predicted molar refractivity (Wildman–Crippen MR) is 162 cm³/mol. The fourth-order valence-corrected chi connectivity index (χ4v) is 8.17. The normalized spacial score (nSPS) is 24.3. The summed E-state index contributed by atoms with van der Waals surface area (Å²) in [6.45, 7) is 19.1. The molecule has 0 spiro atoms. The molecule has 2 aliphatic heterocycles. The van der Waals surface area contributed by atoms with Crippen molar-refractivity contribution < 1.29 is 9.59 Å². The van der Waals surface area contributed by atoms with Crippen molar-refractivity contribution in [1.29, 1.82) is 0 Å². The number of hydrogen-bond acceptors (Lipinski definition) is 5. The molecule has 2 N–H and O–H groups in total. The average molecular weight is 643 g/mol. The van der Waals surface area contributed by atoms with E-state index in [4.69, 9.17) is 10.7 Å². The van der Waals surface area contributed by atoms with Gasteiger partial charge in [-0.15, -0.1) is 11.3 Å². The number of halogens is 1. The van der Waals surface area contributed by atoms with Crippen molar-refractivity contribution in [1.82, 2.24) is 14.8 Å². The molecule has 2 aromatic heterocycles. The molecule has 38 heavy (non-hydrogen) atoms. The van der Waals surface area contributed by atoms with E-state index < -0.39 is 0 Å². The summed E-state index contributed by atoms with van der Waals surface area (Å²) in [5.74, 6) is 0.836. The van der Waals surface area contributed by atoms with Gasteiger partial charge >= 0.3 is 0 Å². The first-order chi connectivity index (χ1) is 18.0. The highest BCUT2D eigenvalue weighted by atomic mass is 127. The van der Waals surface area contributed by atoms with E-state index in [0.29, 0.717) is 43.4 Å². The summed E-state index contributed by atoms with van der Waals surface area (Å²) < 4.78 is 0.832. The zero-order valence-electron chi connectivity index (χ0n) is 22.5. The van der Waals surface area contributed by atoms with Gasteiger partial charge in [0.25, 0.3) is 5.91 Å². The lowest BCUT2D eigenvalue weighted by Crippen LogP contribution is -2.31. The summed E-state index contributed by atoms with van der Waals surface area (Å²) in [4.78, 5) is 37.7. The number of pyridine rings is 1. The fourth-order valence-electron chi connectivity index (χ4n) is 6.27. The summed E-state index contributed by atoms with van der Waals surface area (Å²) in [5, 5.41) is 0. The number of thiophene rings is 1. The van der Waals surface area contributed by atoms with Crippen LogP contribution in [0.5, 0.6) is 0 Å². The second-order valence-electron chi connectivity index (χ2n) is 11.4. The number of carbonyl (C=O) groups excluding carboxylic acids is 2. The van der Waals surface area contributed by atoms with Gasteiger partial charge in [-0.2, -0.15) is 0 Å². The van der Waals surface area contributed by atoms with Gasteiger partial charge in [0, 0.05) is 40.0 Å². The Labute approximate surface area is 242 Å². The maximum atomic E-state index is 13.8. The molecule has 0 bridgehead atoms. The van der Waals surface area contributed by atoms with E-state index in [0.717, 1.165) is 42.3 Å². The average Bonchev–Trinajstić information content (AvgIpc) is 3.24. The van der Waals surface area contributed by atoms with E-state index >= 15 is 0 Å². The van der Waals surface area contributed by atoms with E-state index in [1.54, 1.807) is 17.4 Å². The van der Waals surface area contributed by atoms with Crippen LogP contribution in [0.4, 0.5) is 0 Å². The number of amides is 2. The molecule has 3 atom stereocenters. The van der Waals surface area contributed by atoms with Gasteiger partial charge in [0.2, 0.25) is 5.91 Å². The number of nitrogens with two attached hydrogens (primary N) is 1. The lowest BCUT2D eigenvalue weighted by molar-refractivity contribution is -0.130. The molecule has 3 fully saturated rings. The smallest absolute Gasteiger partial charge is 0.256 e. The number of piperidine rings is 1. The number of fused-ring (bicyclic) bond motifs is 1. The van der Waals surface area contributed by atoms with Gasteiger partial charge in [0.15, 0.2) is 0 Å². The van der Waals surface area contributed by atoms with Crippen LogP contribution in [0.25, 0.3) is 5.57 Å². The summed E-state index contributed by atoms with van der Waals surface area (Å²) in [5.41, 5.74) is 11.0. The first-order valence-corrected chi connectivity index (χ1v) is 15.0. The molecule has 2 amide bonds. The fraction of sp³-hybridized carbons (Fsp3) is 0.433. The van der Waals surface area contributed by atoms with Crippen LogP contribution in [-0.4, -0.2) is 46.2 Å². The Morgan fingerprint density at radius 3 is 2.63 bits per heavy atom. The number of aryl methyl sites for hydroxylation is 2. The Hall–Kier alpha value is -2.30. The lowest BCUT2D eigenvalue weighted by Gasteiger charge is -2.23. The summed E-state index contributed by atoms with van der Waals surface area (Å²) in [7, 11) is 0. The largest absolute Gasteiger partial charge is 0.338 e. The molecule has 3 aliphatic rings. The molecular weight excluding hydrogens is 607 g/mol.